The van der Waals surface area contributed by atoms with Crippen LogP contribution < -0.4 is 15.4 Å². The van der Waals surface area contributed by atoms with E-state index in [-0.39, 0.29) is 11.3 Å². The molecule has 2 aromatic carbocycles. The van der Waals surface area contributed by atoms with Crippen LogP contribution in [0, 0.1) is 11.6 Å². The number of allylic oxidation sites excluding steroid dienone is 2. The first-order valence-electron chi connectivity index (χ1n) is 13.3. The molecule has 38 heavy (non-hydrogen) atoms. The van der Waals surface area contributed by atoms with E-state index in [9.17, 15) is 8.78 Å². The number of rotatable bonds is 8. The first kappa shape index (κ1) is 25.8. The van der Waals surface area contributed by atoms with Crippen LogP contribution in [-0.4, -0.2) is 23.9 Å². The molecule has 5 rings (SSSR count). The minimum absolute atomic E-state index is 0.107. The van der Waals surface area contributed by atoms with Gasteiger partial charge in [-0.15, -0.1) is 0 Å². The van der Waals surface area contributed by atoms with Gasteiger partial charge in [0, 0.05) is 41.0 Å². The molecular weight excluding hydrogens is 482 g/mol. The summed E-state index contributed by atoms with van der Waals surface area (Å²) in [6.07, 6.45) is 12.0. The minimum Gasteiger partial charge on any atom is -0.494 e. The molecule has 0 unspecified atom stereocenters. The number of halogens is 2. The maximum Gasteiger partial charge on any atom is 0.201 e. The minimum atomic E-state index is -1.03. The van der Waals surface area contributed by atoms with Crippen LogP contribution in [0.15, 0.2) is 71.6 Å². The molecular formula is C31H34F2N4O. The summed E-state index contributed by atoms with van der Waals surface area (Å²) < 4.78 is 34.3. The molecule has 2 N–H and O–H groups in total. The summed E-state index contributed by atoms with van der Waals surface area (Å²) in [6.45, 7) is 8.14. The van der Waals surface area contributed by atoms with Crippen molar-refractivity contribution in [3.8, 4) is 5.75 Å². The second-order valence-electron chi connectivity index (χ2n) is 9.81. The fourth-order valence-corrected chi connectivity index (χ4v) is 4.88. The van der Waals surface area contributed by atoms with Gasteiger partial charge in [0.1, 0.15) is 0 Å². The molecule has 0 saturated heterocycles. The predicted octanol–water partition coefficient (Wildman–Crippen LogP) is 7.35. The highest BCUT2D eigenvalue weighted by Crippen LogP contribution is 2.38. The zero-order valence-electron chi connectivity index (χ0n) is 22.2. The number of nitrogens with one attached hydrogen (secondary N) is 2. The zero-order chi connectivity index (χ0) is 26.8. The molecule has 1 aliphatic heterocycles. The van der Waals surface area contributed by atoms with Crippen LogP contribution in [0.25, 0.3) is 11.4 Å². The zero-order valence-corrected chi connectivity index (χ0v) is 22.2. The molecule has 2 fully saturated rings. The Labute approximate surface area is 223 Å². The molecule has 198 valence electrons. The van der Waals surface area contributed by atoms with Gasteiger partial charge in [-0.25, -0.2) is 9.38 Å². The van der Waals surface area contributed by atoms with Crippen molar-refractivity contribution in [2.75, 3.05) is 12.4 Å². The Balaban J connectivity index is 1.37. The molecule has 0 amide bonds. The van der Waals surface area contributed by atoms with E-state index in [1.54, 1.807) is 30.3 Å². The van der Waals surface area contributed by atoms with Crippen LogP contribution in [0.2, 0.25) is 0 Å². The van der Waals surface area contributed by atoms with Crippen molar-refractivity contribution in [1.82, 2.24) is 10.2 Å². The fourth-order valence-electron chi connectivity index (χ4n) is 4.88. The van der Waals surface area contributed by atoms with Crippen LogP contribution in [-0.2, 0) is 6.42 Å². The average molecular weight is 517 g/mol. The Hall–Kier alpha value is -3.87. The van der Waals surface area contributed by atoms with E-state index in [4.69, 9.17) is 4.74 Å². The molecule has 2 aromatic rings. The summed E-state index contributed by atoms with van der Waals surface area (Å²) in [6, 6.07) is 9.91. The van der Waals surface area contributed by atoms with Crippen LogP contribution in [0.5, 0.6) is 5.75 Å². The Kier molecular flexibility index (Phi) is 7.36. The number of nitrogens with zero attached hydrogens (tertiary/aromatic N) is 2. The van der Waals surface area contributed by atoms with Gasteiger partial charge < -0.3 is 20.3 Å². The third-order valence-electron chi connectivity index (χ3n) is 7.38. The second-order valence-corrected chi connectivity index (χ2v) is 9.81. The molecule has 2 aliphatic carbocycles. The van der Waals surface area contributed by atoms with Crippen molar-refractivity contribution in [2.24, 2.45) is 4.99 Å². The smallest absolute Gasteiger partial charge is 0.201 e. The van der Waals surface area contributed by atoms with Gasteiger partial charge >= 0.3 is 0 Å². The van der Waals surface area contributed by atoms with Gasteiger partial charge in [-0.05, 0) is 80.9 Å². The molecule has 3 aliphatic rings. The van der Waals surface area contributed by atoms with E-state index >= 15 is 0 Å². The Morgan fingerprint density at radius 3 is 2.55 bits per heavy atom. The number of hydrogen-bond acceptors (Lipinski definition) is 5. The highest BCUT2D eigenvalue weighted by Gasteiger charge is 2.27. The Bertz CT molecular complexity index is 1380. The monoisotopic (exact) mass is 516 g/mol. The Morgan fingerprint density at radius 1 is 1.16 bits per heavy atom. The van der Waals surface area contributed by atoms with E-state index in [2.05, 4.69) is 47.3 Å². The molecule has 0 atom stereocenters. The summed E-state index contributed by atoms with van der Waals surface area (Å²) in [5.74, 6) is -1.61. The van der Waals surface area contributed by atoms with Crippen molar-refractivity contribution in [2.45, 2.75) is 58.4 Å². The summed E-state index contributed by atoms with van der Waals surface area (Å²) in [4.78, 5) is 6.19. The highest BCUT2D eigenvalue weighted by molar-refractivity contribution is 6.09. The van der Waals surface area contributed by atoms with E-state index in [1.807, 2.05) is 0 Å². The average Bonchev–Trinajstić information content (AvgIpc) is 3.74. The first-order valence-corrected chi connectivity index (χ1v) is 13.3. The van der Waals surface area contributed by atoms with Crippen molar-refractivity contribution < 1.29 is 13.5 Å². The van der Waals surface area contributed by atoms with Crippen molar-refractivity contribution in [3.63, 3.8) is 0 Å². The summed E-state index contributed by atoms with van der Waals surface area (Å²) in [5.41, 5.74) is 7.34. The van der Waals surface area contributed by atoms with Gasteiger partial charge in [0.15, 0.2) is 17.4 Å². The largest absolute Gasteiger partial charge is 0.494 e. The molecule has 7 heteroatoms. The van der Waals surface area contributed by atoms with E-state index < -0.39 is 11.6 Å². The number of anilines is 1. The molecule has 5 nitrogen and oxygen atoms in total. The fraction of sp³-hybridized carbons (Fsp3) is 0.323. The maximum absolute atomic E-state index is 14.9. The Morgan fingerprint density at radius 2 is 1.92 bits per heavy atom. The normalized spacial score (nSPS) is 17.2. The van der Waals surface area contributed by atoms with E-state index in [0.29, 0.717) is 23.3 Å². The van der Waals surface area contributed by atoms with Crippen LogP contribution in [0.4, 0.5) is 14.5 Å². The topological polar surface area (TPSA) is 48.9 Å². The number of hydrogen-bond donors (Lipinski definition) is 2. The third-order valence-corrected chi connectivity index (χ3v) is 7.38. The van der Waals surface area contributed by atoms with E-state index in [1.165, 1.54) is 73.7 Å². The maximum atomic E-state index is 14.9. The lowest BCUT2D eigenvalue weighted by Gasteiger charge is -2.30. The standard InChI is InChI=1S/C31H34F2N4O/c1-5-20-18-23(12-13-24(20)30(21-10-11-21)35-22-8-7-9-22)36-31-19(3)37(17-16-34-31)26(6-2)25-14-15-27(38-4)29(33)28(25)32/h6,12-18,22,35H,3,5,7-11H2,1-2,4H3,(H,34,36)/b26-6-. The van der Waals surface area contributed by atoms with E-state index in [0.717, 1.165) is 12.1 Å². The lowest BCUT2D eigenvalue weighted by Crippen LogP contribution is -2.34. The number of ether oxygens (including phenoxy) is 1. The molecule has 0 spiro atoms. The number of benzene rings is 2. The third kappa shape index (κ3) is 4.97. The summed E-state index contributed by atoms with van der Waals surface area (Å²) in [7, 11) is 1.31. The van der Waals surface area contributed by atoms with Crippen molar-refractivity contribution in [1.29, 1.82) is 0 Å². The lowest BCUT2D eigenvalue weighted by molar-refractivity contribution is 0.371. The van der Waals surface area contributed by atoms with Gasteiger partial charge in [-0.3, -0.25) is 0 Å². The number of methoxy groups -OCH3 is 1. The summed E-state index contributed by atoms with van der Waals surface area (Å²) in [5, 5.41) is 7.19. The van der Waals surface area contributed by atoms with Crippen LogP contribution in [0.1, 0.15) is 62.6 Å². The van der Waals surface area contributed by atoms with Gasteiger partial charge in [0.05, 0.1) is 18.5 Å². The highest BCUT2D eigenvalue weighted by atomic mass is 19.2. The number of aryl methyl sites for hydroxylation is 1. The lowest BCUT2D eigenvalue weighted by atomic mass is 9.91. The van der Waals surface area contributed by atoms with Gasteiger partial charge in [0.25, 0.3) is 0 Å². The molecule has 2 saturated carbocycles. The molecule has 0 bridgehead atoms. The van der Waals surface area contributed by atoms with Crippen molar-refractivity contribution in [3.05, 3.63) is 95.0 Å². The van der Waals surface area contributed by atoms with Gasteiger partial charge in [-0.2, -0.15) is 4.39 Å². The SMILES string of the molecule is C=C1C(Nc2ccc(C(NC3CCC3)=C3CC3)c(CC)c2)=NC=CN1/C(=C\C)c1ccc(OC)c(F)c1F. The molecule has 0 aromatic heterocycles. The van der Waals surface area contributed by atoms with Gasteiger partial charge in [0.2, 0.25) is 5.82 Å². The summed E-state index contributed by atoms with van der Waals surface area (Å²) >= 11 is 0. The predicted molar refractivity (Wildman–Crippen MR) is 150 cm³/mol. The number of amidine groups is 1. The van der Waals surface area contributed by atoms with Crippen LogP contribution in [0.3, 0.4) is 0 Å². The number of aliphatic imine (C=N–C) groups is 1. The first-order chi connectivity index (χ1) is 18.4. The van der Waals surface area contributed by atoms with Gasteiger partial charge in [-0.1, -0.05) is 25.6 Å². The quantitative estimate of drug-likeness (QED) is 0.385. The van der Waals surface area contributed by atoms with Crippen molar-refractivity contribution >= 4 is 22.9 Å². The molecule has 0 radical (unpaired) electrons. The second kappa shape index (κ2) is 10.9. The molecule has 1 heterocycles. The van der Waals surface area contributed by atoms with Crippen LogP contribution >= 0.6 is 0 Å².